The van der Waals surface area contributed by atoms with Crippen molar-refractivity contribution in [1.82, 2.24) is 19.7 Å². The molecule has 0 unspecified atom stereocenters. The fourth-order valence-electron chi connectivity index (χ4n) is 4.04. The normalized spacial score (nSPS) is 18.1. The molecule has 3 rings (SSSR count). The third-order valence-corrected chi connectivity index (χ3v) is 6.30. The number of amides is 2. The number of aromatic nitrogens is 1. The zero-order valence-electron chi connectivity index (χ0n) is 22.4. The van der Waals surface area contributed by atoms with E-state index in [4.69, 9.17) is 9.47 Å². The molecule has 0 saturated carbocycles. The van der Waals surface area contributed by atoms with Crippen molar-refractivity contribution >= 4 is 11.8 Å². The van der Waals surface area contributed by atoms with Crippen molar-refractivity contribution in [1.29, 1.82) is 0 Å². The number of hydrogen-bond acceptors (Lipinski definition) is 7. The van der Waals surface area contributed by atoms with E-state index < -0.39 is 12.1 Å². The summed E-state index contributed by atoms with van der Waals surface area (Å²) < 4.78 is 11.6. The van der Waals surface area contributed by atoms with E-state index in [9.17, 15) is 14.7 Å². The van der Waals surface area contributed by atoms with E-state index in [-0.39, 0.29) is 42.3 Å². The van der Waals surface area contributed by atoms with Crippen molar-refractivity contribution in [2.75, 3.05) is 54.5 Å². The zero-order valence-corrected chi connectivity index (χ0v) is 22.4. The highest BCUT2D eigenvalue weighted by atomic mass is 16.5. The van der Waals surface area contributed by atoms with Crippen molar-refractivity contribution in [2.45, 2.75) is 26.0 Å². The maximum absolute atomic E-state index is 13.6. The van der Waals surface area contributed by atoms with Crippen molar-refractivity contribution in [3.05, 3.63) is 53.2 Å². The first-order chi connectivity index (χ1) is 17.6. The van der Waals surface area contributed by atoms with Gasteiger partial charge in [0, 0.05) is 31.3 Å². The highest BCUT2D eigenvalue weighted by Gasteiger charge is 2.34. The van der Waals surface area contributed by atoms with Gasteiger partial charge in [-0.2, -0.15) is 0 Å². The van der Waals surface area contributed by atoms with Gasteiger partial charge in [0.2, 0.25) is 11.8 Å². The van der Waals surface area contributed by atoms with Crippen molar-refractivity contribution in [3.63, 3.8) is 0 Å². The lowest BCUT2D eigenvalue weighted by Gasteiger charge is -2.37. The molecular weight excluding hydrogens is 472 g/mol. The Hall–Kier alpha value is -3.61. The van der Waals surface area contributed by atoms with Gasteiger partial charge < -0.3 is 29.3 Å². The van der Waals surface area contributed by atoms with Crippen LogP contribution >= 0.6 is 0 Å². The fraction of sp³-hybridized carbons (Fsp3) is 0.464. The number of aliphatic hydroxyl groups excluding tert-OH is 1. The summed E-state index contributed by atoms with van der Waals surface area (Å²) in [6.07, 6.45) is 1.16. The zero-order chi connectivity index (χ0) is 27.1. The quantitative estimate of drug-likeness (QED) is 0.569. The van der Waals surface area contributed by atoms with Crippen molar-refractivity contribution < 1.29 is 24.2 Å². The Morgan fingerprint density at radius 1 is 1.30 bits per heavy atom. The Kier molecular flexibility index (Phi) is 9.50. The van der Waals surface area contributed by atoms with E-state index in [0.29, 0.717) is 30.0 Å². The first-order valence-electron chi connectivity index (χ1n) is 12.3. The number of benzene rings is 1. The van der Waals surface area contributed by atoms with Crippen LogP contribution in [0, 0.1) is 17.8 Å². The fourth-order valence-corrected chi connectivity index (χ4v) is 4.04. The van der Waals surface area contributed by atoms with Gasteiger partial charge in [-0.25, -0.2) is 4.98 Å². The summed E-state index contributed by atoms with van der Waals surface area (Å²) in [5, 5.41) is 9.85. The van der Waals surface area contributed by atoms with Gasteiger partial charge in [-0.15, -0.1) is 0 Å². The lowest BCUT2D eigenvalue weighted by Crippen LogP contribution is -2.51. The topological polar surface area (TPSA) is 95.4 Å². The minimum absolute atomic E-state index is 0.0327. The molecule has 1 N–H and O–H groups in total. The molecule has 37 heavy (non-hydrogen) atoms. The van der Waals surface area contributed by atoms with E-state index in [1.807, 2.05) is 50.2 Å². The number of nitrogens with zero attached hydrogens (tertiary/aromatic N) is 4. The second-order valence-corrected chi connectivity index (χ2v) is 9.66. The van der Waals surface area contributed by atoms with Crippen LogP contribution in [0.1, 0.15) is 35.3 Å². The van der Waals surface area contributed by atoms with Gasteiger partial charge in [-0.1, -0.05) is 30.9 Å². The Morgan fingerprint density at radius 3 is 2.70 bits per heavy atom. The maximum Gasteiger partial charge on any atom is 0.259 e. The summed E-state index contributed by atoms with van der Waals surface area (Å²) in [7, 11) is 7.01. The molecule has 0 aliphatic carbocycles. The van der Waals surface area contributed by atoms with Gasteiger partial charge in [-0.05, 0) is 39.2 Å². The average Bonchev–Trinajstić information content (AvgIpc) is 2.88. The maximum atomic E-state index is 13.6. The van der Waals surface area contributed by atoms with E-state index in [1.54, 1.807) is 43.1 Å². The number of para-hydroxylation sites is 1. The molecule has 1 aliphatic heterocycles. The van der Waals surface area contributed by atoms with Gasteiger partial charge in [0.15, 0.2) is 0 Å². The van der Waals surface area contributed by atoms with Crippen LogP contribution in [0.25, 0.3) is 0 Å². The van der Waals surface area contributed by atoms with E-state index in [1.165, 1.54) is 0 Å². The summed E-state index contributed by atoms with van der Waals surface area (Å²) >= 11 is 0. The number of hydrogen-bond donors (Lipinski definition) is 1. The predicted octanol–water partition coefficient (Wildman–Crippen LogP) is 1.73. The molecule has 0 saturated heterocycles. The third-order valence-electron chi connectivity index (χ3n) is 6.30. The molecule has 0 fully saturated rings. The molecule has 9 heteroatoms. The summed E-state index contributed by atoms with van der Waals surface area (Å²) in [6, 6.07) is 8.68. The summed E-state index contributed by atoms with van der Waals surface area (Å²) in [4.78, 5) is 35.7. The second-order valence-electron chi connectivity index (χ2n) is 9.66. The monoisotopic (exact) mass is 508 g/mol. The molecule has 198 valence electrons. The number of likely N-dealkylation sites (N-methyl/N-ethyl adjacent to an activating group) is 2. The highest BCUT2D eigenvalue weighted by molar-refractivity contribution is 5.97. The van der Waals surface area contributed by atoms with Gasteiger partial charge in [0.1, 0.15) is 17.4 Å². The number of carbonyl (C=O) groups excluding carboxylic acids is 2. The van der Waals surface area contributed by atoms with Crippen LogP contribution in [-0.2, 0) is 4.79 Å². The molecule has 9 nitrogen and oxygen atoms in total. The summed E-state index contributed by atoms with van der Waals surface area (Å²) in [5.74, 6) is 6.54. The number of aliphatic hydroxyl groups is 1. The average molecular weight is 509 g/mol. The molecule has 0 bridgehead atoms. The molecule has 2 aromatic rings. The van der Waals surface area contributed by atoms with Gasteiger partial charge >= 0.3 is 0 Å². The minimum Gasteiger partial charge on any atom is -0.495 e. The third kappa shape index (κ3) is 7.00. The Morgan fingerprint density at radius 2 is 2.03 bits per heavy atom. The van der Waals surface area contributed by atoms with Crippen molar-refractivity contribution in [3.8, 4) is 23.5 Å². The number of fused-ring (bicyclic) bond motifs is 1. The SMILES string of the molecule is COc1ccccc1C#Cc1cnc2c(c1)C(=O)N([C@@H](C)CO)C[C@H](C)[C@@H](CN(C)C(=O)CN(C)C)O2. The summed E-state index contributed by atoms with van der Waals surface area (Å²) in [6.45, 7) is 4.57. The van der Waals surface area contributed by atoms with Gasteiger partial charge in [-0.3, -0.25) is 9.59 Å². The van der Waals surface area contributed by atoms with E-state index in [2.05, 4.69) is 16.8 Å². The van der Waals surface area contributed by atoms with Crippen LogP contribution in [0.3, 0.4) is 0 Å². The van der Waals surface area contributed by atoms with E-state index in [0.717, 1.165) is 0 Å². The first-order valence-corrected chi connectivity index (χ1v) is 12.3. The van der Waals surface area contributed by atoms with Crippen LogP contribution in [0.15, 0.2) is 36.5 Å². The van der Waals surface area contributed by atoms with Gasteiger partial charge in [0.05, 0.1) is 38.4 Å². The van der Waals surface area contributed by atoms with Crippen LogP contribution < -0.4 is 9.47 Å². The Labute approximate surface area is 219 Å². The molecular formula is C28H36N4O5. The number of pyridine rings is 1. The molecule has 2 amide bonds. The lowest BCUT2D eigenvalue weighted by molar-refractivity contribution is -0.132. The highest BCUT2D eigenvalue weighted by Crippen LogP contribution is 2.27. The smallest absolute Gasteiger partial charge is 0.259 e. The number of methoxy groups -OCH3 is 1. The molecule has 1 aromatic carbocycles. The molecule has 2 heterocycles. The number of carbonyl (C=O) groups is 2. The van der Waals surface area contributed by atoms with Crippen LogP contribution in [-0.4, -0.2) is 103 Å². The summed E-state index contributed by atoms with van der Waals surface area (Å²) in [5.41, 5.74) is 1.53. The van der Waals surface area contributed by atoms with Crippen molar-refractivity contribution in [2.24, 2.45) is 5.92 Å². The largest absolute Gasteiger partial charge is 0.495 e. The number of rotatable bonds is 7. The standard InChI is InChI=1S/C28H36N4O5/c1-19-15-32(20(2)18-33)28(35)23-13-21(11-12-22-9-7-8-10-24(22)36-6)14-29-27(23)37-25(19)16-31(5)26(34)17-30(3)4/h7-10,13-14,19-20,25,33H,15-18H2,1-6H3/t19-,20-,25+/m0/s1. The second kappa shape index (κ2) is 12.6. The molecule has 0 radical (unpaired) electrons. The number of ether oxygens (including phenoxy) is 2. The van der Waals surface area contributed by atoms with Crippen LogP contribution in [0.2, 0.25) is 0 Å². The lowest BCUT2D eigenvalue weighted by atomic mass is 10.00. The Balaban J connectivity index is 1.97. The molecule has 0 spiro atoms. The minimum atomic E-state index is -0.408. The molecule has 3 atom stereocenters. The van der Waals surface area contributed by atoms with Crippen LogP contribution in [0.5, 0.6) is 11.6 Å². The predicted molar refractivity (Wildman–Crippen MR) is 141 cm³/mol. The first kappa shape index (κ1) is 28.0. The Bertz CT molecular complexity index is 1170. The molecule has 1 aliphatic rings. The van der Waals surface area contributed by atoms with Gasteiger partial charge in [0.25, 0.3) is 5.91 Å². The van der Waals surface area contributed by atoms with Crippen LogP contribution in [0.4, 0.5) is 0 Å². The van der Waals surface area contributed by atoms with E-state index >= 15 is 0 Å². The molecule has 1 aromatic heterocycles.